The summed E-state index contributed by atoms with van der Waals surface area (Å²) < 4.78 is 9.97. The van der Waals surface area contributed by atoms with E-state index in [1.165, 1.54) is 5.56 Å². The van der Waals surface area contributed by atoms with Gasteiger partial charge in [0.15, 0.2) is 5.82 Å². The number of aryl methyl sites for hydroxylation is 5. The van der Waals surface area contributed by atoms with E-state index < -0.39 is 0 Å². The molecule has 51 heavy (non-hydrogen) atoms. The maximum absolute atomic E-state index is 11.8. The molecule has 0 aliphatic heterocycles. The molecule has 0 amide bonds. The normalized spacial score (nSPS) is 12.2. The predicted octanol–water partition coefficient (Wildman–Crippen LogP) is 6.29. The molecule has 4 aromatic heterocycles. The molecule has 0 radical (unpaired) electrons. The van der Waals surface area contributed by atoms with Gasteiger partial charge in [0.2, 0.25) is 5.28 Å². The van der Waals surface area contributed by atoms with Crippen molar-refractivity contribution in [2.24, 2.45) is 0 Å². The number of esters is 2. The molecule has 0 aromatic carbocycles. The fourth-order valence-corrected chi connectivity index (χ4v) is 6.02. The maximum Gasteiger partial charge on any atom is 0.325 e. The summed E-state index contributed by atoms with van der Waals surface area (Å²) >= 11 is 5.91. The SMILES string of the molecule is C.CCOC(=O)CN(C)c1nc(-c2cc(C)ccn2)nc2c1CCC2.CCOC(=O)CN(C)c1nc(Cl)nc2c1CCC2.Cc1ccnc(C)c1. The van der Waals surface area contributed by atoms with Crippen molar-refractivity contribution in [1.29, 1.82) is 0 Å². The lowest BCUT2D eigenvalue weighted by Crippen LogP contribution is -2.29. The third-order valence-electron chi connectivity index (χ3n) is 8.06. The number of halogens is 1. The van der Waals surface area contributed by atoms with Crippen molar-refractivity contribution in [3.05, 3.63) is 81.3 Å². The number of anilines is 2. The topological polar surface area (TPSA) is 136 Å². The number of hydrogen-bond donors (Lipinski definition) is 0. The lowest BCUT2D eigenvalue weighted by molar-refractivity contribution is -0.142. The highest BCUT2D eigenvalue weighted by Crippen LogP contribution is 2.31. The molecule has 2 aliphatic carbocycles. The lowest BCUT2D eigenvalue weighted by Gasteiger charge is -2.20. The van der Waals surface area contributed by atoms with Gasteiger partial charge in [-0.1, -0.05) is 7.43 Å². The molecular weight excluding hydrogens is 668 g/mol. The molecule has 6 rings (SSSR count). The van der Waals surface area contributed by atoms with Crippen molar-refractivity contribution in [1.82, 2.24) is 29.9 Å². The van der Waals surface area contributed by atoms with Gasteiger partial charge < -0.3 is 19.3 Å². The largest absolute Gasteiger partial charge is 0.465 e. The van der Waals surface area contributed by atoms with Gasteiger partial charge in [-0.3, -0.25) is 19.6 Å². The van der Waals surface area contributed by atoms with Gasteiger partial charge >= 0.3 is 11.9 Å². The van der Waals surface area contributed by atoms with Crippen LogP contribution in [0.1, 0.15) is 73.5 Å². The van der Waals surface area contributed by atoms with Crippen LogP contribution < -0.4 is 9.80 Å². The Morgan fingerprint density at radius 1 is 0.725 bits per heavy atom. The first kappa shape index (κ1) is 40.7. The second kappa shape index (κ2) is 19.6. The first-order valence-corrected chi connectivity index (χ1v) is 17.4. The number of rotatable bonds is 9. The zero-order valence-corrected chi connectivity index (χ0v) is 30.9. The van der Waals surface area contributed by atoms with Crippen molar-refractivity contribution in [2.75, 3.05) is 50.2 Å². The zero-order valence-electron chi connectivity index (χ0n) is 30.1. The molecule has 12 nitrogen and oxygen atoms in total. The second-order valence-corrected chi connectivity index (χ2v) is 12.6. The highest BCUT2D eigenvalue weighted by molar-refractivity contribution is 6.28. The Balaban J connectivity index is 0.000000229. The smallest absolute Gasteiger partial charge is 0.325 e. The number of aromatic nitrogens is 6. The van der Waals surface area contributed by atoms with Gasteiger partial charge in [-0.2, -0.15) is 0 Å². The number of fused-ring (bicyclic) bond motifs is 2. The maximum atomic E-state index is 11.8. The standard InChI is InChI=1S/C18H22N4O2.C12H16ClN3O2.C7H9N.CH4/c1-4-24-16(23)11-22(3)18-13-6-5-7-14(13)20-17(21-18)15-10-12(2)8-9-19-15;1-3-18-10(17)7-16(2)11-8-5-4-6-9(8)14-12(13)15-11;1-6-3-4-8-7(2)5-6;/h8-10H,4-7,11H2,1-3H3;3-7H2,1-2H3;3-5H,1-2H3;1H4. The van der Waals surface area contributed by atoms with E-state index in [9.17, 15) is 9.59 Å². The van der Waals surface area contributed by atoms with Crippen molar-refractivity contribution >= 4 is 35.2 Å². The van der Waals surface area contributed by atoms with E-state index in [1.807, 2.05) is 64.2 Å². The van der Waals surface area contributed by atoms with Crippen LogP contribution in [0.4, 0.5) is 11.6 Å². The minimum absolute atomic E-state index is 0. The van der Waals surface area contributed by atoms with Crippen LogP contribution in [0.25, 0.3) is 11.5 Å². The van der Waals surface area contributed by atoms with Crippen molar-refractivity contribution in [3.8, 4) is 11.5 Å². The average molecular weight is 719 g/mol. The van der Waals surface area contributed by atoms with Gasteiger partial charge in [0.1, 0.15) is 30.4 Å². The molecule has 0 unspecified atom stereocenters. The number of likely N-dealkylation sites (N-methyl/N-ethyl adjacent to an activating group) is 2. The van der Waals surface area contributed by atoms with Crippen LogP contribution in [0, 0.1) is 20.8 Å². The number of nitrogens with zero attached hydrogens (tertiary/aromatic N) is 8. The number of carbonyl (C=O) groups excluding carboxylic acids is 2. The first-order chi connectivity index (χ1) is 24.0. The Labute approximate surface area is 307 Å². The number of pyridine rings is 2. The summed E-state index contributed by atoms with van der Waals surface area (Å²) in [6, 6.07) is 7.98. The number of hydrogen-bond acceptors (Lipinski definition) is 12. The molecule has 0 saturated carbocycles. The zero-order chi connectivity index (χ0) is 36.2. The fourth-order valence-electron chi connectivity index (χ4n) is 5.84. The molecule has 2 aliphatic rings. The van der Waals surface area contributed by atoms with Gasteiger partial charge in [-0.15, -0.1) is 0 Å². The molecule has 4 aromatic rings. The van der Waals surface area contributed by atoms with Gasteiger partial charge in [-0.25, -0.2) is 19.9 Å². The molecule has 0 atom stereocenters. The van der Waals surface area contributed by atoms with Crippen LogP contribution in [0.15, 0.2) is 36.7 Å². The average Bonchev–Trinajstić information content (AvgIpc) is 3.74. The van der Waals surface area contributed by atoms with Gasteiger partial charge in [0, 0.05) is 49.0 Å². The van der Waals surface area contributed by atoms with Crippen LogP contribution in [0.3, 0.4) is 0 Å². The number of ether oxygens (including phenoxy) is 2. The van der Waals surface area contributed by atoms with Crippen molar-refractivity contribution in [2.45, 2.75) is 80.6 Å². The molecular formula is C38H51ClN8O4. The fraction of sp³-hybridized carbons (Fsp3) is 0.474. The molecule has 274 valence electrons. The van der Waals surface area contributed by atoms with Crippen LogP contribution in [0.2, 0.25) is 5.28 Å². The summed E-state index contributed by atoms with van der Waals surface area (Å²) in [5, 5.41) is 0.237. The Morgan fingerprint density at radius 2 is 1.24 bits per heavy atom. The monoisotopic (exact) mass is 718 g/mol. The third kappa shape index (κ3) is 11.7. The summed E-state index contributed by atoms with van der Waals surface area (Å²) in [5.41, 5.74) is 8.54. The summed E-state index contributed by atoms with van der Waals surface area (Å²) in [6.45, 7) is 10.8. The lowest BCUT2D eigenvalue weighted by atomic mass is 10.2. The van der Waals surface area contributed by atoms with E-state index in [4.69, 9.17) is 31.0 Å². The highest BCUT2D eigenvalue weighted by Gasteiger charge is 2.24. The van der Waals surface area contributed by atoms with E-state index in [2.05, 4.69) is 32.9 Å². The summed E-state index contributed by atoms with van der Waals surface area (Å²) in [7, 11) is 3.68. The van der Waals surface area contributed by atoms with E-state index in [-0.39, 0.29) is 37.7 Å². The van der Waals surface area contributed by atoms with E-state index >= 15 is 0 Å². The summed E-state index contributed by atoms with van der Waals surface area (Å²) in [5.74, 6) is 1.66. The van der Waals surface area contributed by atoms with Crippen LogP contribution >= 0.6 is 11.6 Å². The molecule has 0 fully saturated rings. The van der Waals surface area contributed by atoms with Crippen LogP contribution in [-0.4, -0.2) is 82.2 Å². The Hall–Kier alpha value is -4.71. The highest BCUT2D eigenvalue weighted by atomic mass is 35.5. The van der Waals surface area contributed by atoms with E-state index in [1.54, 1.807) is 18.0 Å². The minimum Gasteiger partial charge on any atom is -0.465 e. The quantitative estimate of drug-likeness (QED) is 0.142. The molecule has 0 bridgehead atoms. The minimum atomic E-state index is -0.263. The van der Waals surface area contributed by atoms with E-state index in [0.717, 1.165) is 89.6 Å². The van der Waals surface area contributed by atoms with Crippen LogP contribution in [-0.2, 0) is 44.7 Å². The van der Waals surface area contributed by atoms with Crippen LogP contribution in [0.5, 0.6) is 0 Å². The van der Waals surface area contributed by atoms with Gasteiger partial charge in [0.05, 0.1) is 18.9 Å². The third-order valence-corrected chi connectivity index (χ3v) is 8.23. The summed E-state index contributed by atoms with van der Waals surface area (Å²) in [4.78, 5) is 53.2. The molecule has 0 N–H and O–H groups in total. The van der Waals surface area contributed by atoms with E-state index in [0.29, 0.717) is 19.0 Å². The number of carbonyl (C=O) groups is 2. The second-order valence-electron chi connectivity index (χ2n) is 12.3. The molecule has 0 saturated heterocycles. The predicted molar refractivity (Wildman–Crippen MR) is 201 cm³/mol. The summed E-state index contributed by atoms with van der Waals surface area (Å²) in [6.07, 6.45) is 9.47. The molecule has 4 heterocycles. The first-order valence-electron chi connectivity index (χ1n) is 17.0. The van der Waals surface area contributed by atoms with Crippen molar-refractivity contribution in [3.63, 3.8) is 0 Å². The van der Waals surface area contributed by atoms with Gasteiger partial charge in [0.25, 0.3) is 0 Å². The van der Waals surface area contributed by atoms with Gasteiger partial charge in [-0.05, 0) is 120 Å². The Kier molecular flexibility index (Phi) is 15.7. The van der Waals surface area contributed by atoms with Crippen molar-refractivity contribution < 1.29 is 19.1 Å². The Morgan fingerprint density at radius 3 is 1.73 bits per heavy atom. The Bertz CT molecular complexity index is 1770. The molecule has 0 spiro atoms. The molecule has 13 heteroatoms.